The summed E-state index contributed by atoms with van der Waals surface area (Å²) in [6.07, 6.45) is 7.20. The van der Waals surface area contributed by atoms with Crippen LogP contribution in [0, 0.1) is 12.3 Å². The number of hydrogen-bond acceptors (Lipinski definition) is 4. The van der Waals surface area contributed by atoms with E-state index in [2.05, 4.69) is 26.8 Å². The fraction of sp³-hybridized carbons (Fsp3) is 0.333. The van der Waals surface area contributed by atoms with Crippen LogP contribution in [0.2, 0.25) is 0 Å². The van der Waals surface area contributed by atoms with Gasteiger partial charge in [0, 0.05) is 6.42 Å². The van der Waals surface area contributed by atoms with Gasteiger partial charge in [0.1, 0.15) is 5.69 Å². The Balaban J connectivity index is 2.65. The third kappa shape index (κ3) is 1.77. The number of aromatic nitrogens is 3. The predicted molar refractivity (Wildman–Crippen MR) is 39.9 cm³/mol. The molecule has 1 aromatic rings. The standard InChI is InChI=1S/C6H9N5/c1-2-3-5(9-7)6-4-8-11-10-6/h1,4-5,9H,3,7H2,(H,8,10,11). The Bertz CT molecular complexity index is 234. The van der Waals surface area contributed by atoms with Gasteiger partial charge < -0.3 is 0 Å². The molecular weight excluding hydrogens is 142 g/mol. The highest BCUT2D eigenvalue weighted by Crippen LogP contribution is 2.09. The smallest absolute Gasteiger partial charge is 0.102 e. The number of hydrazine groups is 1. The minimum atomic E-state index is -0.112. The summed E-state index contributed by atoms with van der Waals surface area (Å²) in [5.74, 6) is 7.71. The average Bonchev–Trinajstić information content (AvgIpc) is 2.52. The fourth-order valence-electron chi connectivity index (χ4n) is 0.745. The third-order valence-corrected chi connectivity index (χ3v) is 1.31. The van der Waals surface area contributed by atoms with Crippen molar-refractivity contribution >= 4 is 0 Å². The van der Waals surface area contributed by atoms with Crippen LogP contribution in [-0.4, -0.2) is 15.4 Å². The maximum absolute atomic E-state index is 5.22. The van der Waals surface area contributed by atoms with Crippen molar-refractivity contribution < 1.29 is 0 Å². The van der Waals surface area contributed by atoms with Gasteiger partial charge in [-0.3, -0.25) is 11.3 Å². The summed E-state index contributed by atoms with van der Waals surface area (Å²) in [4.78, 5) is 0. The van der Waals surface area contributed by atoms with Crippen molar-refractivity contribution in [1.29, 1.82) is 0 Å². The van der Waals surface area contributed by atoms with E-state index in [0.29, 0.717) is 6.42 Å². The highest BCUT2D eigenvalue weighted by Gasteiger charge is 2.09. The van der Waals surface area contributed by atoms with E-state index in [9.17, 15) is 0 Å². The van der Waals surface area contributed by atoms with Gasteiger partial charge in [-0.1, -0.05) is 0 Å². The molecule has 0 fully saturated rings. The lowest BCUT2D eigenvalue weighted by molar-refractivity contribution is 0.552. The summed E-state index contributed by atoms with van der Waals surface area (Å²) in [5, 5.41) is 9.94. The van der Waals surface area contributed by atoms with Gasteiger partial charge in [-0.2, -0.15) is 15.4 Å². The molecule has 0 amide bonds. The van der Waals surface area contributed by atoms with Crippen LogP contribution < -0.4 is 11.3 Å². The molecule has 4 N–H and O–H groups in total. The molecule has 1 atom stereocenters. The van der Waals surface area contributed by atoms with E-state index in [0.717, 1.165) is 5.69 Å². The van der Waals surface area contributed by atoms with Crippen LogP contribution in [0.5, 0.6) is 0 Å². The average molecular weight is 151 g/mol. The molecule has 1 aromatic heterocycles. The molecule has 5 nitrogen and oxygen atoms in total. The molecule has 1 heterocycles. The number of nitrogens with two attached hydrogens (primary N) is 1. The molecule has 0 aliphatic rings. The molecule has 0 spiro atoms. The molecule has 0 saturated heterocycles. The highest BCUT2D eigenvalue weighted by molar-refractivity contribution is 5.04. The summed E-state index contributed by atoms with van der Waals surface area (Å²) in [5.41, 5.74) is 3.27. The largest absolute Gasteiger partial charge is 0.271 e. The van der Waals surface area contributed by atoms with Crippen LogP contribution in [0.15, 0.2) is 6.20 Å². The van der Waals surface area contributed by atoms with E-state index in [1.54, 1.807) is 6.20 Å². The number of rotatable bonds is 3. The first-order chi connectivity index (χ1) is 5.38. The van der Waals surface area contributed by atoms with E-state index in [-0.39, 0.29) is 6.04 Å². The Morgan fingerprint density at radius 2 is 2.73 bits per heavy atom. The Hall–Kier alpha value is -1.38. The van der Waals surface area contributed by atoms with Crippen molar-refractivity contribution in [2.45, 2.75) is 12.5 Å². The first kappa shape index (κ1) is 7.72. The lowest BCUT2D eigenvalue weighted by atomic mass is 10.2. The quantitative estimate of drug-likeness (QED) is 0.304. The van der Waals surface area contributed by atoms with Gasteiger partial charge in [0.25, 0.3) is 0 Å². The Morgan fingerprint density at radius 3 is 3.18 bits per heavy atom. The second-order valence-electron chi connectivity index (χ2n) is 2.02. The maximum atomic E-state index is 5.22. The zero-order valence-corrected chi connectivity index (χ0v) is 5.91. The number of hydrogen-bond donors (Lipinski definition) is 3. The van der Waals surface area contributed by atoms with E-state index in [1.165, 1.54) is 0 Å². The van der Waals surface area contributed by atoms with Gasteiger partial charge in [-0.15, -0.1) is 12.3 Å². The van der Waals surface area contributed by atoms with Crippen LogP contribution in [0.25, 0.3) is 0 Å². The van der Waals surface area contributed by atoms with Crippen LogP contribution in [0.1, 0.15) is 18.2 Å². The molecule has 0 saturated carbocycles. The SMILES string of the molecule is C#CCC(NN)c1cn[nH]n1. The third-order valence-electron chi connectivity index (χ3n) is 1.31. The van der Waals surface area contributed by atoms with Crippen molar-refractivity contribution in [3.63, 3.8) is 0 Å². The van der Waals surface area contributed by atoms with Crippen molar-refractivity contribution in [1.82, 2.24) is 20.8 Å². The highest BCUT2D eigenvalue weighted by atomic mass is 15.3. The lowest BCUT2D eigenvalue weighted by Gasteiger charge is -2.07. The van der Waals surface area contributed by atoms with Crippen LogP contribution in [-0.2, 0) is 0 Å². The fourth-order valence-corrected chi connectivity index (χ4v) is 0.745. The Labute approximate surface area is 64.3 Å². The number of H-pyrrole nitrogens is 1. The molecule has 0 aliphatic heterocycles. The molecule has 1 unspecified atom stereocenters. The number of aromatic amines is 1. The zero-order chi connectivity index (χ0) is 8.10. The minimum absolute atomic E-state index is 0.112. The van der Waals surface area contributed by atoms with Crippen LogP contribution in [0.4, 0.5) is 0 Å². The summed E-state index contributed by atoms with van der Waals surface area (Å²) in [6, 6.07) is -0.112. The Kier molecular flexibility index (Phi) is 2.60. The molecule has 0 bridgehead atoms. The van der Waals surface area contributed by atoms with Gasteiger partial charge in [0.15, 0.2) is 0 Å². The van der Waals surface area contributed by atoms with Crippen molar-refractivity contribution in [2.75, 3.05) is 0 Å². The van der Waals surface area contributed by atoms with Gasteiger partial charge in [0.2, 0.25) is 0 Å². The topological polar surface area (TPSA) is 79.6 Å². The van der Waals surface area contributed by atoms with E-state index in [4.69, 9.17) is 12.3 Å². The lowest BCUT2D eigenvalue weighted by Crippen LogP contribution is -2.27. The summed E-state index contributed by atoms with van der Waals surface area (Å²) in [6.45, 7) is 0. The van der Waals surface area contributed by atoms with Crippen LogP contribution in [0.3, 0.4) is 0 Å². The van der Waals surface area contributed by atoms with Gasteiger partial charge >= 0.3 is 0 Å². The monoisotopic (exact) mass is 151 g/mol. The van der Waals surface area contributed by atoms with E-state index in [1.807, 2.05) is 0 Å². The maximum Gasteiger partial charge on any atom is 0.102 e. The molecular formula is C6H9N5. The second-order valence-corrected chi connectivity index (χ2v) is 2.02. The van der Waals surface area contributed by atoms with Gasteiger partial charge in [0.05, 0.1) is 12.2 Å². The van der Waals surface area contributed by atoms with E-state index >= 15 is 0 Å². The van der Waals surface area contributed by atoms with Crippen molar-refractivity contribution in [3.8, 4) is 12.3 Å². The first-order valence-corrected chi connectivity index (χ1v) is 3.13. The predicted octanol–water partition coefficient (Wildman–Crippen LogP) is -0.668. The zero-order valence-electron chi connectivity index (χ0n) is 5.91. The van der Waals surface area contributed by atoms with E-state index < -0.39 is 0 Å². The summed E-state index contributed by atoms with van der Waals surface area (Å²) in [7, 11) is 0. The summed E-state index contributed by atoms with van der Waals surface area (Å²) >= 11 is 0. The number of nitrogens with zero attached hydrogens (tertiary/aromatic N) is 2. The molecule has 0 aliphatic carbocycles. The van der Waals surface area contributed by atoms with Crippen molar-refractivity contribution in [2.24, 2.45) is 5.84 Å². The molecule has 0 radical (unpaired) electrons. The van der Waals surface area contributed by atoms with Gasteiger partial charge in [-0.05, 0) is 0 Å². The summed E-state index contributed by atoms with van der Waals surface area (Å²) < 4.78 is 0. The van der Waals surface area contributed by atoms with Crippen molar-refractivity contribution in [3.05, 3.63) is 11.9 Å². The number of nitrogens with one attached hydrogen (secondary N) is 2. The molecule has 11 heavy (non-hydrogen) atoms. The van der Waals surface area contributed by atoms with Crippen LogP contribution >= 0.6 is 0 Å². The molecule has 5 heteroatoms. The Morgan fingerprint density at radius 1 is 1.91 bits per heavy atom. The normalized spacial score (nSPS) is 12.4. The first-order valence-electron chi connectivity index (χ1n) is 3.13. The van der Waals surface area contributed by atoms with Gasteiger partial charge in [-0.25, -0.2) is 0 Å². The minimum Gasteiger partial charge on any atom is -0.271 e. The molecule has 0 aromatic carbocycles. The molecule has 1 rings (SSSR count). The molecule has 58 valence electrons. The number of terminal acetylenes is 1. The second kappa shape index (κ2) is 3.71.